The van der Waals surface area contributed by atoms with E-state index < -0.39 is 34.3 Å². The number of rotatable bonds is 8. The summed E-state index contributed by atoms with van der Waals surface area (Å²) >= 11 is 0. The molecular formula is C34H33F4N3O2S. The number of nitrogens with zero attached hydrogens (tertiary/aromatic N) is 2. The van der Waals surface area contributed by atoms with E-state index in [-0.39, 0.29) is 12.0 Å². The molecular weight excluding hydrogens is 590 g/mol. The molecule has 3 aromatic carbocycles. The zero-order valence-electron chi connectivity index (χ0n) is 24.2. The zero-order chi connectivity index (χ0) is 31.1. The molecule has 4 aromatic rings. The van der Waals surface area contributed by atoms with Crippen molar-refractivity contribution in [2.75, 3.05) is 4.90 Å². The van der Waals surface area contributed by atoms with E-state index in [4.69, 9.17) is 0 Å². The third-order valence-electron chi connectivity index (χ3n) is 8.66. The molecule has 2 aliphatic rings. The Bertz CT molecular complexity index is 1650. The second-order valence-corrected chi connectivity index (χ2v) is 13.0. The first-order chi connectivity index (χ1) is 21.0. The van der Waals surface area contributed by atoms with Gasteiger partial charge in [-0.25, -0.2) is 13.3 Å². The van der Waals surface area contributed by atoms with Gasteiger partial charge in [-0.3, -0.25) is 4.98 Å². The van der Waals surface area contributed by atoms with Gasteiger partial charge in [0, 0.05) is 30.3 Å². The number of hydrogen-bond donors (Lipinski definition) is 2. The number of nitrogens with one attached hydrogen (secondary N) is 1. The number of aryl methyl sites for hydroxylation is 2. The molecule has 0 amide bonds. The van der Waals surface area contributed by atoms with Crippen molar-refractivity contribution in [3.8, 4) is 0 Å². The van der Waals surface area contributed by atoms with Gasteiger partial charge >= 0.3 is 6.18 Å². The van der Waals surface area contributed by atoms with Gasteiger partial charge < -0.3 is 10.0 Å². The lowest BCUT2D eigenvalue weighted by Crippen LogP contribution is -2.57. The molecule has 44 heavy (non-hydrogen) atoms. The molecule has 5 nitrogen and oxygen atoms in total. The average Bonchev–Trinajstić information content (AvgIpc) is 2.98. The highest BCUT2D eigenvalue weighted by molar-refractivity contribution is 7.83. The molecule has 0 aliphatic heterocycles. The third kappa shape index (κ3) is 6.43. The van der Waals surface area contributed by atoms with E-state index in [0.29, 0.717) is 24.3 Å². The fourth-order valence-corrected chi connectivity index (χ4v) is 7.31. The van der Waals surface area contributed by atoms with Gasteiger partial charge in [0.25, 0.3) is 0 Å². The van der Waals surface area contributed by atoms with Crippen molar-refractivity contribution in [1.29, 1.82) is 0 Å². The Morgan fingerprint density at radius 2 is 1.75 bits per heavy atom. The number of fused-ring (bicyclic) bond motifs is 1. The van der Waals surface area contributed by atoms with E-state index >= 15 is 0 Å². The molecule has 2 N–H and O–H groups in total. The number of hydrogen-bond acceptors (Lipinski definition) is 4. The summed E-state index contributed by atoms with van der Waals surface area (Å²) in [5.74, 6) is -0.489. The van der Waals surface area contributed by atoms with Crippen LogP contribution in [0.1, 0.15) is 71.3 Å². The summed E-state index contributed by atoms with van der Waals surface area (Å²) in [4.78, 5) is 7.08. The Morgan fingerprint density at radius 1 is 1.02 bits per heavy atom. The second-order valence-electron chi connectivity index (χ2n) is 11.7. The van der Waals surface area contributed by atoms with Crippen LogP contribution in [0.4, 0.5) is 23.2 Å². The van der Waals surface area contributed by atoms with Crippen molar-refractivity contribution < 1.29 is 26.9 Å². The maximum atomic E-state index is 13.4. The molecule has 0 spiro atoms. The van der Waals surface area contributed by atoms with Crippen molar-refractivity contribution in [3.63, 3.8) is 0 Å². The summed E-state index contributed by atoms with van der Waals surface area (Å²) in [7, 11) is -1.55. The van der Waals surface area contributed by atoms with Gasteiger partial charge in [0.05, 0.1) is 22.7 Å². The Morgan fingerprint density at radius 3 is 2.43 bits per heavy atom. The van der Waals surface area contributed by atoms with Gasteiger partial charge in [-0.2, -0.15) is 13.2 Å². The van der Waals surface area contributed by atoms with Crippen LogP contribution in [0.5, 0.6) is 0 Å². The maximum absolute atomic E-state index is 13.4. The molecule has 0 saturated heterocycles. The topological polar surface area (TPSA) is 65.5 Å². The summed E-state index contributed by atoms with van der Waals surface area (Å²) in [5.41, 5.74) is 3.35. The summed E-state index contributed by atoms with van der Waals surface area (Å²) in [6, 6.07) is 22.4. The van der Waals surface area contributed by atoms with Gasteiger partial charge in [0.15, 0.2) is 0 Å². The van der Waals surface area contributed by atoms with Gasteiger partial charge in [0.1, 0.15) is 22.5 Å². The quantitative estimate of drug-likeness (QED) is 0.158. The number of alkyl halides is 3. The lowest BCUT2D eigenvalue weighted by Gasteiger charge is -2.52. The first-order valence-corrected chi connectivity index (χ1v) is 15.8. The van der Waals surface area contributed by atoms with Crippen LogP contribution >= 0.6 is 0 Å². The minimum atomic E-state index is -4.40. The molecule has 0 radical (unpaired) electrons. The normalized spacial score (nSPS) is 22.1. The molecule has 10 heteroatoms. The number of halogens is 4. The highest BCUT2D eigenvalue weighted by Crippen LogP contribution is 2.49. The van der Waals surface area contributed by atoms with Crippen LogP contribution in [0, 0.1) is 12.7 Å². The Balaban J connectivity index is 1.28. The SMILES string of the molecule is Cc1cccc(CN(c2ccc3c(c2)[C@@H](NS(=O)c2ccc(F)cc2)CCC3)C2(O)CC(c3ccc(C(F)(F)F)cc3)C2)n1. The fourth-order valence-electron chi connectivity index (χ4n) is 6.29. The predicted molar refractivity (Wildman–Crippen MR) is 162 cm³/mol. The molecule has 0 bridgehead atoms. The Labute approximate surface area is 256 Å². The largest absolute Gasteiger partial charge is 0.416 e. The van der Waals surface area contributed by atoms with E-state index in [1.165, 1.54) is 36.4 Å². The van der Waals surface area contributed by atoms with Crippen LogP contribution in [0.15, 0.2) is 89.8 Å². The molecule has 2 aliphatic carbocycles. The van der Waals surface area contributed by atoms with Gasteiger partial charge in [-0.1, -0.05) is 24.3 Å². The average molecular weight is 624 g/mol. The van der Waals surface area contributed by atoms with Gasteiger partial charge in [-0.05, 0) is 109 Å². The van der Waals surface area contributed by atoms with Crippen LogP contribution in [-0.4, -0.2) is 20.0 Å². The van der Waals surface area contributed by atoms with E-state index in [2.05, 4.69) is 9.71 Å². The smallest absolute Gasteiger partial charge is 0.371 e. The predicted octanol–water partition coefficient (Wildman–Crippen LogP) is 7.51. The Hall–Kier alpha value is -3.60. The number of anilines is 1. The second kappa shape index (κ2) is 12.1. The monoisotopic (exact) mass is 623 g/mol. The molecule has 1 saturated carbocycles. The minimum absolute atomic E-state index is 0.0968. The first-order valence-electron chi connectivity index (χ1n) is 14.6. The van der Waals surface area contributed by atoms with Crippen molar-refractivity contribution in [3.05, 3.63) is 124 Å². The number of pyridine rings is 1. The van der Waals surface area contributed by atoms with E-state index in [9.17, 15) is 26.9 Å². The van der Waals surface area contributed by atoms with Crippen molar-refractivity contribution in [2.24, 2.45) is 0 Å². The van der Waals surface area contributed by atoms with E-state index in [0.717, 1.165) is 65.2 Å². The lowest BCUT2D eigenvalue weighted by atomic mass is 9.71. The molecule has 1 unspecified atom stereocenters. The number of aromatic nitrogens is 1. The highest BCUT2D eigenvalue weighted by atomic mass is 32.2. The Kier molecular flexibility index (Phi) is 8.34. The van der Waals surface area contributed by atoms with Crippen molar-refractivity contribution in [2.45, 2.75) is 74.3 Å². The number of benzene rings is 3. The standard InChI is InChI=1S/C34H33F4N3O2S/c1-22-4-2-6-28(39-22)21-41(33(42)19-25(20-33)23-8-11-26(12-9-23)34(36,37)38)29-15-10-24-5-3-7-32(31(24)18-29)40-44(43)30-16-13-27(35)14-17-30/h2,4,6,8-18,25,32,40,42H,3,5,7,19-21H2,1H3/t25?,32-,33?,44?/m0/s1. The van der Waals surface area contributed by atoms with Crippen LogP contribution < -0.4 is 9.62 Å². The third-order valence-corrected chi connectivity index (χ3v) is 9.86. The van der Waals surface area contributed by atoms with Crippen LogP contribution in [-0.2, 0) is 30.1 Å². The van der Waals surface area contributed by atoms with Crippen LogP contribution in [0.3, 0.4) is 0 Å². The molecule has 1 fully saturated rings. The maximum Gasteiger partial charge on any atom is 0.416 e. The molecule has 6 rings (SSSR count). The highest BCUT2D eigenvalue weighted by Gasteiger charge is 2.48. The van der Waals surface area contributed by atoms with Crippen LogP contribution in [0.25, 0.3) is 0 Å². The number of aliphatic hydroxyl groups is 1. The minimum Gasteiger partial charge on any atom is -0.371 e. The summed E-state index contributed by atoms with van der Waals surface area (Å²) in [6.07, 6.45) is -1.16. The molecule has 1 aromatic heterocycles. The molecule has 230 valence electrons. The van der Waals surface area contributed by atoms with Crippen LogP contribution in [0.2, 0.25) is 0 Å². The van der Waals surface area contributed by atoms with Gasteiger partial charge in [0.2, 0.25) is 0 Å². The van der Waals surface area contributed by atoms with Gasteiger partial charge in [-0.15, -0.1) is 0 Å². The summed E-state index contributed by atoms with van der Waals surface area (Å²) < 4.78 is 69.1. The van der Waals surface area contributed by atoms with E-state index in [1.54, 1.807) is 0 Å². The molecule has 2 atom stereocenters. The van der Waals surface area contributed by atoms with E-state index in [1.807, 2.05) is 48.2 Å². The van der Waals surface area contributed by atoms with Crippen molar-refractivity contribution >= 4 is 16.7 Å². The summed E-state index contributed by atoms with van der Waals surface area (Å²) in [6.45, 7) is 2.24. The summed E-state index contributed by atoms with van der Waals surface area (Å²) in [5, 5.41) is 12.0. The van der Waals surface area contributed by atoms with Crippen molar-refractivity contribution in [1.82, 2.24) is 9.71 Å². The zero-order valence-corrected chi connectivity index (χ0v) is 25.0. The fraction of sp³-hybridized carbons (Fsp3) is 0.324. The lowest BCUT2D eigenvalue weighted by molar-refractivity contribution is -0.137. The molecule has 1 heterocycles. The first kappa shape index (κ1) is 30.4.